The van der Waals surface area contributed by atoms with Crippen LogP contribution in [-0.2, 0) is 5.41 Å². The van der Waals surface area contributed by atoms with E-state index in [0.29, 0.717) is 0 Å². The molecule has 0 atom stereocenters. The van der Waals surface area contributed by atoms with Crippen LogP contribution in [0.1, 0.15) is 32.8 Å². The van der Waals surface area contributed by atoms with E-state index in [1.165, 1.54) is 11.3 Å². The molecule has 0 aliphatic rings. The van der Waals surface area contributed by atoms with Gasteiger partial charge in [0, 0.05) is 12.2 Å². The monoisotopic (exact) mass is 203 g/mol. The molecule has 82 valence electrons. The number of nitrogens with one attached hydrogen (secondary N) is 1. The van der Waals surface area contributed by atoms with Crippen LogP contribution in [0.4, 0.5) is 5.69 Å². The maximum absolute atomic E-state index is 3.72. The summed E-state index contributed by atoms with van der Waals surface area (Å²) in [4.78, 5) is 0. The smallest absolute Gasteiger partial charge is 0.0378 e. The molecular formula is C14H21N. The second kappa shape index (κ2) is 5.01. The maximum Gasteiger partial charge on any atom is 0.0378 e. The standard InChI is InChI=1S/C14H21N/c1-5-6-11-15-13-10-8-7-9-12(13)14(2,3)4/h5,7-10,15H,1,6,11H2,2-4H3. The van der Waals surface area contributed by atoms with E-state index in [9.17, 15) is 0 Å². The minimum Gasteiger partial charge on any atom is -0.384 e. The number of para-hydroxylation sites is 1. The number of benzene rings is 1. The van der Waals surface area contributed by atoms with Crippen molar-refractivity contribution >= 4 is 5.69 Å². The van der Waals surface area contributed by atoms with Crippen LogP contribution in [-0.4, -0.2) is 6.54 Å². The molecule has 15 heavy (non-hydrogen) atoms. The van der Waals surface area contributed by atoms with Crippen molar-refractivity contribution in [3.63, 3.8) is 0 Å². The van der Waals surface area contributed by atoms with Crippen molar-refractivity contribution in [2.75, 3.05) is 11.9 Å². The van der Waals surface area contributed by atoms with Crippen LogP contribution in [0.25, 0.3) is 0 Å². The van der Waals surface area contributed by atoms with E-state index in [1.54, 1.807) is 0 Å². The second-order valence-corrected chi connectivity index (χ2v) is 4.80. The first kappa shape index (κ1) is 11.8. The van der Waals surface area contributed by atoms with Gasteiger partial charge in [-0.1, -0.05) is 45.0 Å². The fourth-order valence-corrected chi connectivity index (χ4v) is 1.60. The maximum atomic E-state index is 3.72. The van der Waals surface area contributed by atoms with Gasteiger partial charge in [-0.15, -0.1) is 6.58 Å². The first-order chi connectivity index (χ1) is 7.05. The molecule has 0 aliphatic heterocycles. The number of hydrogen-bond donors (Lipinski definition) is 1. The highest BCUT2D eigenvalue weighted by atomic mass is 14.9. The summed E-state index contributed by atoms with van der Waals surface area (Å²) in [6, 6.07) is 8.50. The molecule has 0 unspecified atom stereocenters. The Morgan fingerprint density at radius 2 is 1.93 bits per heavy atom. The summed E-state index contributed by atoms with van der Waals surface area (Å²) in [6.45, 7) is 11.4. The molecule has 0 heterocycles. The van der Waals surface area contributed by atoms with E-state index in [4.69, 9.17) is 0 Å². The third-order valence-corrected chi connectivity index (χ3v) is 2.40. The van der Waals surface area contributed by atoms with Crippen LogP contribution in [0.15, 0.2) is 36.9 Å². The van der Waals surface area contributed by atoms with Gasteiger partial charge in [-0.05, 0) is 23.5 Å². The predicted octanol–water partition coefficient (Wildman–Crippen LogP) is 3.97. The molecule has 1 aromatic carbocycles. The SMILES string of the molecule is C=CCCNc1ccccc1C(C)(C)C. The molecule has 0 saturated carbocycles. The van der Waals surface area contributed by atoms with Crippen molar-refractivity contribution in [2.45, 2.75) is 32.6 Å². The molecule has 0 aromatic heterocycles. The van der Waals surface area contributed by atoms with E-state index in [0.717, 1.165) is 13.0 Å². The van der Waals surface area contributed by atoms with Crippen LogP contribution >= 0.6 is 0 Å². The van der Waals surface area contributed by atoms with Gasteiger partial charge in [0.05, 0.1) is 0 Å². The minimum absolute atomic E-state index is 0.192. The summed E-state index contributed by atoms with van der Waals surface area (Å²) < 4.78 is 0. The van der Waals surface area contributed by atoms with Crippen molar-refractivity contribution in [3.05, 3.63) is 42.5 Å². The number of rotatable bonds is 4. The number of hydrogen-bond acceptors (Lipinski definition) is 1. The average Bonchev–Trinajstić information content (AvgIpc) is 2.17. The molecule has 1 aromatic rings. The molecule has 0 bridgehead atoms. The molecule has 0 amide bonds. The fraction of sp³-hybridized carbons (Fsp3) is 0.429. The van der Waals surface area contributed by atoms with Crippen LogP contribution in [0.3, 0.4) is 0 Å². The lowest BCUT2D eigenvalue weighted by molar-refractivity contribution is 0.591. The molecular weight excluding hydrogens is 182 g/mol. The fourth-order valence-electron chi connectivity index (χ4n) is 1.60. The van der Waals surface area contributed by atoms with Crippen molar-refractivity contribution in [3.8, 4) is 0 Å². The largest absolute Gasteiger partial charge is 0.384 e. The van der Waals surface area contributed by atoms with Gasteiger partial charge >= 0.3 is 0 Å². The average molecular weight is 203 g/mol. The van der Waals surface area contributed by atoms with Gasteiger partial charge in [0.15, 0.2) is 0 Å². The zero-order valence-corrected chi connectivity index (χ0v) is 10.0. The van der Waals surface area contributed by atoms with Crippen LogP contribution in [0.2, 0.25) is 0 Å². The van der Waals surface area contributed by atoms with E-state index in [-0.39, 0.29) is 5.41 Å². The summed E-state index contributed by atoms with van der Waals surface area (Å²) in [6.07, 6.45) is 2.94. The lowest BCUT2D eigenvalue weighted by atomic mass is 9.86. The molecule has 0 saturated heterocycles. The van der Waals surface area contributed by atoms with Gasteiger partial charge in [-0.2, -0.15) is 0 Å². The third kappa shape index (κ3) is 3.43. The molecule has 0 spiro atoms. The first-order valence-electron chi connectivity index (χ1n) is 5.50. The quantitative estimate of drug-likeness (QED) is 0.576. The molecule has 0 radical (unpaired) electrons. The highest BCUT2D eigenvalue weighted by Crippen LogP contribution is 2.28. The van der Waals surface area contributed by atoms with Gasteiger partial charge in [0.25, 0.3) is 0 Å². The lowest BCUT2D eigenvalue weighted by Crippen LogP contribution is -2.15. The molecule has 0 fully saturated rings. The van der Waals surface area contributed by atoms with Crippen LogP contribution < -0.4 is 5.32 Å². The Bertz CT molecular complexity index is 320. The molecule has 1 N–H and O–H groups in total. The zero-order chi connectivity index (χ0) is 11.3. The summed E-state index contributed by atoms with van der Waals surface area (Å²) in [5.41, 5.74) is 2.80. The Kier molecular flexibility index (Phi) is 3.96. The Morgan fingerprint density at radius 3 is 2.53 bits per heavy atom. The highest BCUT2D eigenvalue weighted by molar-refractivity contribution is 5.54. The Balaban J connectivity index is 2.82. The van der Waals surface area contributed by atoms with Gasteiger partial charge in [-0.3, -0.25) is 0 Å². The molecule has 1 nitrogen and oxygen atoms in total. The second-order valence-electron chi connectivity index (χ2n) is 4.80. The van der Waals surface area contributed by atoms with Crippen molar-refractivity contribution < 1.29 is 0 Å². The Labute approximate surface area is 93.2 Å². The van der Waals surface area contributed by atoms with E-state index < -0.39 is 0 Å². The lowest BCUT2D eigenvalue weighted by Gasteiger charge is -2.23. The van der Waals surface area contributed by atoms with E-state index in [1.807, 2.05) is 6.08 Å². The van der Waals surface area contributed by atoms with Crippen molar-refractivity contribution in [1.29, 1.82) is 0 Å². The molecule has 0 aliphatic carbocycles. The summed E-state index contributed by atoms with van der Waals surface area (Å²) in [5.74, 6) is 0. The van der Waals surface area contributed by atoms with Gasteiger partial charge in [0.1, 0.15) is 0 Å². The van der Waals surface area contributed by atoms with Gasteiger partial charge in [-0.25, -0.2) is 0 Å². The van der Waals surface area contributed by atoms with E-state index >= 15 is 0 Å². The van der Waals surface area contributed by atoms with E-state index in [2.05, 4.69) is 56.9 Å². The Morgan fingerprint density at radius 1 is 1.27 bits per heavy atom. The van der Waals surface area contributed by atoms with Crippen molar-refractivity contribution in [1.82, 2.24) is 0 Å². The van der Waals surface area contributed by atoms with Gasteiger partial charge < -0.3 is 5.32 Å². The van der Waals surface area contributed by atoms with Crippen molar-refractivity contribution in [2.24, 2.45) is 0 Å². The topological polar surface area (TPSA) is 12.0 Å². The van der Waals surface area contributed by atoms with Crippen LogP contribution in [0, 0.1) is 0 Å². The zero-order valence-electron chi connectivity index (χ0n) is 10.0. The van der Waals surface area contributed by atoms with Crippen LogP contribution in [0.5, 0.6) is 0 Å². The normalized spacial score (nSPS) is 11.1. The summed E-state index contributed by atoms with van der Waals surface area (Å²) >= 11 is 0. The predicted molar refractivity (Wildman–Crippen MR) is 68.4 cm³/mol. The third-order valence-electron chi connectivity index (χ3n) is 2.40. The Hall–Kier alpha value is -1.24. The molecule has 1 heteroatoms. The highest BCUT2D eigenvalue weighted by Gasteiger charge is 2.16. The first-order valence-corrected chi connectivity index (χ1v) is 5.50. The number of anilines is 1. The summed E-state index contributed by atoms with van der Waals surface area (Å²) in [5, 5.41) is 3.45. The van der Waals surface area contributed by atoms with Gasteiger partial charge in [0.2, 0.25) is 0 Å². The molecule has 1 rings (SSSR count). The summed E-state index contributed by atoms with van der Waals surface area (Å²) in [7, 11) is 0. The minimum atomic E-state index is 0.192.